The van der Waals surface area contributed by atoms with E-state index in [4.69, 9.17) is 14.5 Å². The average molecular weight is 566 g/mol. The van der Waals surface area contributed by atoms with Crippen LogP contribution in [-0.2, 0) is 11.2 Å². The van der Waals surface area contributed by atoms with Gasteiger partial charge in [0, 0.05) is 61.3 Å². The van der Waals surface area contributed by atoms with Crippen LogP contribution in [0, 0.1) is 17.2 Å². The van der Waals surface area contributed by atoms with Crippen LogP contribution in [0.25, 0.3) is 16.6 Å². The molecule has 1 unspecified atom stereocenters. The molecule has 2 N–H and O–H groups in total. The number of pyridine rings is 3. The van der Waals surface area contributed by atoms with E-state index in [0.29, 0.717) is 74.9 Å². The number of nitriles is 1. The molecule has 3 atom stereocenters. The van der Waals surface area contributed by atoms with E-state index in [1.807, 2.05) is 48.8 Å². The summed E-state index contributed by atoms with van der Waals surface area (Å²) >= 11 is 0. The van der Waals surface area contributed by atoms with E-state index >= 15 is 0 Å². The summed E-state index contributed by atoms with van der Waals surface area (Å²) < 4.78 is 13.9. The minimum Gasteiger partial charge on any atom is -0.490 e. The molecule has 3 aliphatic rings. The van der Waals surface area contributed by atoms with Gasteiger partial charge in [0.1, 0.15) is 24.2 Å². The van der Waals surface area contributed by atoms with Crippen molar-refractivity contribution in [3.63, 3.8) is 0 Å². The summed E-state index contributed by atoms with van der Waals surface area (Å²) in [6.07, 6.45) is 11.5. The highest BCUT2D eigenvalue weighted by Crippen LogP contribution is 2.34. The minimum absolute atomic E-state index is 0.321. The second kappa shape index (κ2) is 11.3. The molecule has 10 nitrogen and oxygen atoms in total. The third-order valence-electron chi connectivity index (χ3n) is 9.00. The maximum absolute atomic E-state index is 11.2. The first-order chi connectivity index (χ1) is 20.6. The number of ether oxygens (including phenoxy) is 2. The number of anilines is 1. The Balaban J connectivity index is 1.03. The number of aromatic nitrogens is 4. The molecule has 2 saturated heterocycles. The van der Waals surface area contributed by atoms with Crippen LogP contribution in [0.2, 0.25) is 0 Å². The second-order valence-corrected chi connectivity index (χ2v) is 11.8. The first kappa shape index (κ1) is 26.8. The molecule has 2 aliphatic heterocycles. The monoisotopic (exact) mass is 565 g/mol. The highest BCUT2D eigenvalue weighted by Gasteiger charge is 2.40. The van der Waals surface area contributed by atoms with Gasteiger partial charge in [-0.1, -0.05) is 6.07 Å². The van der Waals surface area contributed by atoms with Crippen molar-refractivity contribution in [3.8, 4) is 22.9 Å². The first-order valence-corrected chi connectivity index (χ1v) is 14.8. The number of aliphatic hydroxyl groups is 1. The quantitative estimate of drug-likeness (QED) is 0.294. The fourth-order valence-electron chi connectivity index (χ4n) is 6.73. The Labute approximate surface area is 244 Å². The van der Waals surface area contributed by atoms with Gasteiger partial charge < -0.3 is 24.8 Å². The van der Waals surface area contributed by atoms with Gasteiger partial charge in [-0.15, -0.1) is 0 Å². The molecular weight excluding hydrogens is 530 g/mol. The lowest BCUT2D eigenvalue weighted by atomic mass is 9.87. The summed E-state index contributed by atoms with van der Waals surface area (Å²) in [6, 6.07) is 14.7. The van der Waals surface area contributed by atoms with Gasteiger partial charge in [0.15, 0.2) is 0 Å². The van der Waals surface area contributed by atoms with E-state index < -0.39 is 5.60 Å². The molecule has 4 aromatic rings. The van der Waals surface area contributed by atoms with Gasteiger partial charge in [0.25, 0.3) is 0 Å². The molecule has 0 aromatic carbocycles. The highest BCUT2D eigenvalue weighted by atomic mass is 16.5. The largest absolute Gasteiger partial charge is 0.490 e. The van der Waals surface area contributed by atoms with Crippen molar-refractivity contribution in [2.24, 2.45) is 5.92 Å². The number of hydrogen-bond acceptors (Lipinski definition) is 9. The normalized spacial score (nSPS) is 22.9. The van der Waals surface area contributed by atoms with Gasteiger partial charge in [-0.25, -0.2) is 9.50 Å². The lowest BCUT2D eigenvalue weighted by Crippen LogP contribution is -2.46. The molecule has 0 spiro atoms. The number of nitrogens with zero attached hydrogens (tertiary/aromatic N) is 6. The van der Waals surface area contributed by atoms with Gasteiger partial charge in [0.05, 0.1) is 41.8 Å². The predicted octanol–water partition coefficient (Wildman–Crippen LogP) is 3.38. The molecular formula is C32H35N7O3. The van der Waals surface area contributed by atoms with Crippen molar-refractivity contribution in [1.29, 1.82) is 5.26 Å². The number of piperidine rings is 2. The van der Waals surface area contributed by atoms with E-state index in [0.717, 1.165) is 41.1 Å². The highest BCUT2D eigenvalue weighted by molar-refractivity contribution is 5.85. The fraction of sp³-hybridized carbons (Fsp3) is 0.438. The number of fused-ring (bicyclic) bond motifs is 3. The van der Waals surface area contributed by atoms with E-state index in [1.165, 1.54) is 6.42 Å². The van der Waals surface area contributed by atoms with Gasteiger partial charge in [-0.2, -0.15) is 10.4 Å². The molecule has 10 heteroatoms. The van der Waals surface area contributed by atoms with E-state index in [1.54, 1.807) is 16.9 Å². The smallest absolute Gasteiger partial charge is 0.138 e. The first-order valence-electron chi connectivity index (χ1n) is 14.8. The van der Waals surface area contributed by atoms with Crippen molar-refractivity contribution >= 4 is 11.3 Å². The van der Waals surface area contributed by atoms with Crippen molar-refractivity contribution in [2.75, 3.05) is 37.7 Å². The lowest BCUT2D eigenvalue weighted by molar-refractivity contribution is 0.00627. The van der Waals surface area contributed by atoms with Crippen molar-refractivity contribution in [1.82, 2.24) is 24.9 Å². The SMILES string of the molecule is N#Cc1cnn2cc(OCCOC3C[C@H]4C[C@@H]3CN4)cc(-c3ccc(N4CCC(O)(Cc5ccccn5)CC4)nc3)c12. The molecule has 1 saturated carbocycles. The van der Waals surface area contributed by atoms with E-state index in [2.05, 4.69) is 26.4 Å². The summed E-state index contributed by atoms with van der Waals surface area (Å²) in [7, 11) is 0. The van der Waals surface area contributed by atoms with Crippen molar-refractivity contribution in [2.45, 2.75) is 49.9 Å². The van der Waals surface area contributed by atoms with Gasteiger partial charge in [-0.05, 0) is 61.9 Å². The Morgan fingerprint density at radius 3 is 2.71 bits per heavy atom. The van der Waals surface area contributed by atoms with Gasteiger partial charge >= 0.3 is 0 Å². The molecule has 3 fully saturated rings. The predicted molar refractivity (Wildman–Crippen MR) is 157 cm³/mol. The minimum atomic E-state index is -0.758. The Hall–Kier alpha value is -4.04. The summed E-state index contributed by atoms with van der Waals surface area (Å²) in [6.45, 7) is 3.45. The summed E-state index contributed by atoms with van der Waals surface area (Å²) in [5, 5.41) is 28.8. The van der Waals surface area contributed by atoms with E-state index in [-0.39, 0.29) is 0 Å². The Morgan fingerprint density at radius 1 is 1.10 bits per heavy atom. The zero-order valence-corrected chi connectivity index (χ0v) is 23.5. The second-order valence-electron chi connectivity index (χ2n) is 11.8. The van der Waals surface area contributed by atoms with Crippen LogP contribution in [0.15, 0.2) is 61.2 Å². The molecule has 0 radical (unpaired) electrons. The summed E-state index contributed by atoms with van der Waals surface area (Å²) in [5.41, 5.74) is 3.09. The zero-order chi connectivity index (χ0) is 28.5. The molecule has 4 aromatic heterocycles. The maximum Gasteiger partial charge on any atom is 0.138 e. The number of rotatable bonds is 9. The molecule has 0 amide bonds. The van der Waals surface area contributed by atoms with Crippen LogP contribution < -0.4 is 15.0 Å². The Kier molecular flexibility index (Phi) is 7.24. The van der Waals surface area contributed by atoms with Crippen LogP contribution >= 0.6 is 0 Å². The van der Waals surface area contributed by atoms with Crippen LogP contribution in [0.5, 0.6) is 5.75 Å². The standard InChI is InChI=1S/C32H35N7O3/c33-17-24-20-37-39-21-27(41-11-12-42-29-14-26-13-23(29)19-35-26)15-28(31(24)39)22-4-5-30(36-18-22)38-9-6-32(40,7-10-38)16-25-3-1-2-8-34-25/h1-5,8,15,18,20-21,23,26,29,35,40H,6-7,9-14,16,19H2/t23-,26-,29?/m1/s1. The number of hydrogen-bond donors (Lipinski definition) is 2. The van der Waals surface area contributed by atoms with Gasteiger partial charge in [-0.3, -0.25) is 4.98 Å². The van der Waals surface area contributed by atoms with Crippen molar-refractivity contribution in [3.05, 3.63) is 72.4 Å². The Morgan fingerprint density at radius 2 is 2.00 bits per heavy atom. The maximum atomic E-state index is 11.2. The average Bonchev–Trinajstić information content (AvgIpc) is 3.76. The van der Waals surface area contributed by atoms with Crippen LogP contribution in [0.3, 0.4) is 0 Å². The topological polar surface area (TPSA) is 121 Å². The summed E-state index contributed by atoms with van der Waals surface area (Å²) in [5.74, 6) is 2.14. The third kappa shape index (κ3) is 5.43. The fourth-order valence-corrected chi connectivity index (χ4v) is 6.73. The van der Waals surface area contributed by atoms with Crippen LogP contribution in [0.4, 0.5) is 5.82 Å². The molecule has 2 bridgehead atoms. The third-order valence-corrected chi connectivity index (χ3v) is 9.00. The van der Waals surface area contributed by atoms with E-state index in [9.17, 15) is 10.4 Å². The zero-order valence-electron chi connectivity index (χ0n) is 23.5. The van der Waals surface area contributed by atoms with Crippen LogP contribution in [-0.4, -0.2) is 75.3 Å². The van der Waals surface area contributed by atoms with Gasteiger partial charge in [0.2, 0.25) is 0 Å². The number of nitrogens with one attached hydrogen (secondary N) is 1. The molecule has 216 valence electrons. The molecule has 7 rings (SSSR count). The van der Waals surface area contributed by atoms with Crippen molar-refractivity contribution < 1.29 is 14.6 Å². The molecule has 6 heterocycles. The molecule has 42 heavy (non-hydrogen) atoms. The molecule has 1 aliphatic carbocycles. The lowest BCUT2D eigenvalue weighted by Gasteiger charge is -2.38. The Bertz CT molecular complexity index is 1580. The summed E-state index contributed by atoms with van der Waals surface area (Å²) in [4.78, 5) is 11.4. The van der Waals surface area contributed by atoms with Crippen LogP contribution in [0.1, 0.15) is 36.9 Å².